The molecular formula is C26H25N3O3. The first-order chi connectivity index (χ1) is 15.6. The molecule has 1 heterocycles. The first-order valence-electron chi connectivity index (χ1n) is 10.6. The molecule has 0 aliphatic heterocycles. The van der Waals surface area contributed by atoms with Gasteiger partial charge in [0.15, 0.2) is 0 Å². The van der Waals surface area contributed by atoms with Gasteiger partial charge in [-0.25, -0.2) is 4.98 Å². The Morgan fingerprint density at radius 3 is 2.34 bits per heavy atom. The van der Waals surface area contributed by atoms with Gasteiger partial charge in [0, 0.05) is 13.0 Å². The first-order valence-corrected chi connectivity index (χ1v) is 10.6. The Bertz CT molecular complexity index is 1210. The van der Waals surface area contributed by atoms with E-state index in [4.69, 9.17) is 4.74 Å². The molecule has 6 heteroatoms. The number of amides is 1. The zero-order valence-electron chi connectivity index (χ0n) is 18.0. The van der Waals surface area contributed by atoms with Gasteiger partial charge in [0.2, 0.25) is 5.91 Å². The number of aromatic nitrogens is 2. The summed E-state index contributed by atoms with van der Waals surface area (Å²) in [5, 5.41) is 2.96. The molecule has 32 heavy (non-hydrogen) atoms. The molecule has 0 saturated heterocycles. The van der Waals surface area contributed by atoms with Gasteiger partial charge in [-0.3, -0.25) is 9.59 Å². The predicted molar refractivity (Wildman–Crippen MR) is 124 cm³/mol. The number of para-hydroxylation sites is 2. The van der Waals surface area contributed by atoms with Crippen molar-refractivity contribution >= 4 is 22.9 Å². The third-order valence-corrected chi connectivity index (χ3v) is 5.35. The van der Waals surface area contributed by atoms with Crippen molar-refractivity contribution in [1.82, 2.24) is 14.9 Å². The second-order valence-corrected chi connectivity index (χ2v) is 7.52. The lowest BCUT2D eigenvalue weighted by Crippen LogP contribution is -2.28. The number of imidazole rings is 1. The Morgan fingerprint density at radius 1 is 0.906 bits per heavy atom. The van der Waals surface area contributed by atoms with Crippen LogP contribution in [0, 0.1) is 0 Å². The molecule has 162 valence electrons. The first kappa shape index (κ1) is 21.3. The summed E-state index contributed by atoms with van der Waals surface area (Å²) >= 11 is 0. The summed E-state index contributed by atoms with van der Waals surface area (Å²) in [5.41, 5.74) is 4.92. The van der Waals surface area contributed by atoms with Crippen molar-refractivity contribution < 1.29 is 14.3 Å². The van der Waals surface area contributed by atoms with E-state index in [0.29, 0.717) is 19.4 Å². The normalized spacial score (nSPS) is 10.8. The maximum Gasteiger partial charge on any atom is 0.325 e. The molecule has 0 aliphatic carbocycles. The standard InChI is InChI=1S/C26H25N3O3/c1-32-26(31)18-29-23-10-6-5-9-22(23)28-24(29)15-16-27-25(30)17-19-11-13-21(14-12-19)20-7-3-2-4-8-20/h2-14H,15-18H2,1H3,(H,27,30). The number of hydrogen-bond donors (Lipinski definition) is 1. The van der Waals surface area contributed by atoms with Gasteiger partial charge in [0.25, 0.3) is 0 Å². The number of hydrogen-bond acceptors (Lipinski definition) is 4. The maximum atomic E-state index is 12.4. The van der Waals surface area contributed by atoms with Crippen molar-refractivity contribution in [2.75, 3.05) is 13.7 Å². The highest BCUT2D eigenvalue weighted by atomic mass is 16.5. The Hall–Kier alpha value is -3.93. The summed E-state index contributed by atoms with van der Waals surface area (Å²) in [4.78, 5) is 28.9. The van der Waals surface area contributed by atoms with Crippen LogP contribution >= 0.6 is 0 Å². The molecule has 0 radical (unpaired) electrons. The van der Waals surface area contributed by atoms with Crippen LogP contribution in [0.15, 0.2) is 78.9 Å². The van der Waals surface area contributed by atoms with E-state index in [0.717, 1.165) is 33.5 Å². The third kappa shape index (κ3) is 5.03. The predicted octanol–water partition coefficient (Wildman–Crippen LogP) is 3.78. The van der Waals surface area contributed by atoms with Crippen LogP contribution in [0.25, 0.3) is 22.2 Å². The largest absolute Gasteiger partial charge is 0.468 e. The minimum Gasteiger partial charge on any atom is -0.468 e. The molecule has 0 atom stereocenters. The molecule has 4 aromatic rings. The summed E-state index contributed by atoms with van der Waals surface area (Å²) in [7, 11) is 1.37. The molecule has 0 fully saturated rings. The molecule has 0 saturated carbocycles. The fourth-order valence-electron chi connectivity index (χ4n) is 3.69. The van der Waals surface area contributed by atoms with E-state index < -0.39 is 0 Å². The molecule has 3 aromatic carbocycles. The van der Waals surface area contributed by atoms with E-state index in [-0.39, 0.29) is 18.4 Å². The minimum absolute atomic E-state index is 0.0481. The summed E-state index contributed by atoms with van der Waals surface area (Å²) in [6.45, 7) is 0.527. The van der Waals surface area contributed by atoms with E-state index in [9.17, 15) is 9.59 Å². The monoisotopic (exact) mass is 427 g/mol. The minimum atomic E-state index is -0.336. The molecule has 4 rings (SSSR count). The lowest BCUT2D eigenvalue weighted by atomic mass is 10.0. The van der Waals surface area contributed by atoms with Gasteiger partial charge in [0.1, 0.15) is 12.4 Å². The second kappa shape index (κ2) is 9.92. The molecule has 0 unspecified atom stereocenters. The van der Waals surface area contributed by atoms with E-state index in [2.05, 4.69) is 22.4 Å². The van der Waals surface area contributed by atoms with Crippen LogP contribution in [0.3, 0.4) is 0 Å². The van der Waals surface area contributed by atoms with Crippen molar-refractivity contribution in [1.29, 1.82) is 0 Å². The molecule has 1 amide bonds. The van der Waals surface area contributed by atoms with Crippen LogP contribution in [0.2, 0.25) is 0 Å². The molecule has 0 aliphatic rings. The van der Waals surface area contributed by atoms with Gasteiger partial charge in [-0.1, -0.05) is 66.7 Å². The molecule has 6 nitrogen and oxygen atoms in total. The zero-order valence-corrected chi connectivity index (χ0v) is 18.0. The number of rotatable bonds is 8. The molecule has 0 bridgehead atoms. The molecule has 1 N–H and O–H groups in total. The summed E-state index contributed by atoms with van der Waals surface area (Å²) in [5.74, 6) is 0.356. The maximum absolute atomic E-state index is 12.4. The van der Waals surface area contributed by atoms with Gasteiger partial charge in [-0.05, 0) is 28.8 Å². The average molecular weight is 428 g/mol. The van der Waals surface area contributed by atoms with Gasteiger partial charge < -0.3 is 14.6 Å². The Kier molecular flexibility index (Phi) is 6.60. The average Bonchev–Trinajstić information content (AvgIpc) is 3.17. The van der Waals surface area contributed by atoms with Gasteiger partial charge >= 0.3 is 5.97 Å². The third-order valence-electron chi connectivity index (χ3n) is 5.35. The number of carbonyl (C=O) groups excluding carboxylic acids is 2. The number of benzene rings is 3. The summed E-state index contributed by atoms with van der Waals surface area (Å²) < 4.78 is 6.66. The summed E-state index contributed by atoms with van der Waals surface area (Å²) in [6.07, 6.45) is 0.831. The van der Waals surface area contributed by atoms with Crippen LogP contribution in [-0.4, -0.2) is 35.1 Å². The number of carbonyl (C=O) groups is 2. The number of methoxy groups -OCH3 is 1. The van der Waals surface area contributed by atoms with Crippen LogP contribution in [0.4, 0.5) is 0 Å². The van der Waals surface area contributed by atoms with Crippen molar-refractivity contribution in [3.8, 4) is 11.1 Å². The number of nitrogens with one attached hydrogen (secondary N) is 1. The van der Waals surface area contributed by atoms with Crippen LogP contribution in [0.5, 0.6) is 0 Å². The van der Waals surface area contributed by atoms with Crippen LogP contribution < -0.4 is 5.32 Å². The Morgan fingerprint density at radius 2 is 1.59 bits per heavy atom. The van der Waals surface area contributed by atoms with Gasteiger partial charge in [0.05, 0.1) is 24.6 Å². The second-order valence-electron chi connectivity index (χ2n) is 7.52. The highest BCUT2D eigenvalue weighted by Crippen LogP contribution is 2.19. The number of nitrogens with zero attached hydrogens (tertiary/aromatic N) is 2. The fraction of sp³-hybridized carbons (Fsp3) is 0.192. The smallest absolute Gasteiger partial charge is 0.325 e. The quantitative estimate of drug-likeness (QED) is 0.435. The number of fused-ring (bicyclic) bond motifs is 1. The highest BCUT2D eigenvalue weighted by Gasteiger charge is 2.14. The van der Waals surface area contributed by atoms with Crippen molar-refractivity contribution in [3.63, 3.8) is 0 Å². The molecule has 1 aromatic heterocycles. The topological polar surface area (TPSA) is 73.2 Å². The Labute approximate surface area is 186 Å². The van der Waals surface area contributed by atoms with Gasteiger partial charge in [-0.2, -0.15) is 0 Å². The van der Waals surface area contributed by atoms with Crippen molar-refractivity contribution in [2.24, 2.45) is 0 Å². The molecule has 0 spiro atoms. The lowest BCUT2D eigenvalue weighted by Gasteiger charge is -2.09. The molecular weight excluding hydrogens is 402 g/mol. The fourth-order valence-corrected chi connectivity index (χ4v) is 3.69. The van der Waals surface area contributed by atoms with E-state index in [1.54, 1.807) is 0 Å². The SMILES string of the molecule is COC(=O)Cn1c(CCNC(=O)Cc2ccc(-c3ccccc3)cc2)nc2ccccc21. The van der Waals surface area contributed by atoms with E-state index >= 15 is 0 Å². The van der Waals surface area contributed by atoms with Gasteiger partial charge in [-0.15, -0.1) is 0 Å². The Balaban J connectivity index is 1.35. The van der Waals surface area contributed by atoms with E-state index in [1.165, 1.54) is 7.11 Å². The van der Waals surface area contributed by atoms with Crippen LogP contribution in [0.1, 0.15) is 11.4 Å². The number of esters is 1. The zero-order chi connectivity index (χ0) is 22.3. The lowest BCUT2D eigenvalue weighted by molar-refractivity contribution is -0.141. The summed E-state index contributed by atoms with van der Waals surface area (Å²) in [6, 6.07) is 25.8. The van der Waals surface area contributed by atoms with Crippen molar-refractivity contribution in [2.45, 2.75) is 19.4 Å². The van der Waals surface area contributed by atoms with Crippen molar-refractivity contribution in [3.05, 3.63) is 90.3 Å². The number of ether oxygens (including phenoxy) is 1. The highest BCUT2D eigenvalue weighted by molar-refractivity contribution is 5.80. The van der Waals surface area contributed by atoms with Crippen LogP contribution in [-0.2, 0) is 33.7 Å². The van der Waals surface area contributed by atoms with E-state index in [1.807, 2.05) is 71.3 Å².